The topological polar surface area (TPSA) is 43.8 Å². The second-order valence-corrected chi connectivity index (χ2v) is 6.62. The van der Waals surface area contributed by atoms with Crippen LogP contribution in [0, 0.1) is 20.8 Å². The molecule has 0 heterocycles. The fraction of sp³-hybridized carbons (Fsp3) is 0.588. The summed E-state index contributed by atoms with van der Waals surface area (Å²) in [6, 6.07) is 4.26. The van der Waals surface area contributed by atoms with E-state index in [-0.39, 0.29) is 0 Å². The molecule has 1 unspecified atom stereocenters. The third-order valence-corrected chi connectivity index (χ3v) is 3.55. The monoisotopic (exact) mass is 292 g/mol. The molecular formula is C17H28N2O2. The lowest BCUT2D eigenvalue weighted by molar-refractivity contribution is -0.122. The Morgan fingerprint density at radius 1 is 1.14 bits per heavy atom. The average molecular weight is 292 g/mol. The molecule has 0 aliphatic carbocycles. The maximum absolute atomic E-state index is 11.4. The van der Waals surface area contributed by atoms with Crippen LogP contribution >= 0.6 is 0 Å². The summed E-state index contributed by atoms with van der Waals surface area (Å²) in [7, 11) is 3.82. The Morgan fingerprint density at radius 2 is 1.67 bits per heavy atom. The van der Waals surface area contributed by atoms with Crippen LogP contribution in [-0.4, -0.2) is 54.1 Å². The van der Waals surface area contributed by atoms with Crippen molar-refractivity contribution in [2.45, 2.75) is 39.8 Å². The number of aliphatic hydroxyl groups is 1. The Morgan fingerprint density at radius 3 is 2.10 bits per heavy atom. The lowest BCUT2D eigenvalue weighted by atomic mass is 9.98. The first-order chi connectivity index (χ1) is 9.64. The summed E-state index contributed by atoms with van der Waals surface area (Å²) in [5.74, 6) is 0. The van der Waals surface area contributed by atoms with Gasteiger partial charge in [-0.05, 0) is 58.5 Å². The molecule has 0 fully saturated rings. The van der Waals surface area contributed by atoms with Gasteiger partial charge < -0.3 is 14.9 Å². The Kier molecular flexibility index (Phi) is 5.93. The molecule has 21 heavy (non-hydrogen) atoms. The predicted octanol–water partition coefficient (Wildman–Crippen LogP) is 1.88. The third kappa shape index (κ3) is 5.48. The van der Waals surface area contributed by atoms with Gasteiger partial charge in [0.1, 0.15) is 0 Å². The molecule has 0 saturated heterocycles. The molecule has 0 aliphatic heterocycles. The van der Waals surface area contributed by atoms with Gasteiger partial charge in [0.25, 0.3) is 0 Å². The maximum Gasteiger partial charge on any atom is 0.210 e. The number of benzene rings is 1. The number of carbonyl (C=O) groups is 1. The number of aryl methyl sites for hydroxylation is 3. The van der Waals surface area contributed by atoms with E-state index >= 15 is 0 Å². The molecule has 1 aromatic carbocycles. The fourth-order valence-electron chi connectivity index (χ4n) is 2.96. The van der Waals surface area contributed by atoms with Crippen molar-refractivity contribution in [2.75, 3.05) is 27.2 Å². The van der Waals surface area contributed by atoms with Crippen molar-refractivity contribution in [1.29, 1.82) is 0 Å². The number of nitrogens with zero attached hydrogens (tertiary/aromatic N) is 2. The number of amides is 1. The van der Waals surface area contributed by atoms with Crippen LogP contribution in [-0.2, 0) is 11.3 Å². The zero-order chi connectivity index (χ0) is 16.2. The Balaban J connectivity index is 2.86. The van der Waals surface area contributed by atoms with Crippen molar-refractivity contribution in [1.82, 2.24) is 9.80 Å². The van der Waals surface area contributed by atoms with Crippen LogP contribution in [0.4, 0.5) is 0 Å². The number of hydrogen-bond donors (Lipinski definition) is 1. The van der Waals surface area contributed by atoms with Crippen LogP contribution in [0.5, 0.6) is 0 Å². The van der Waals surface area contributed by atoms with Gasteiger partial charge in [-0.3, -0.25) is 4.79 Å². The van der Waals surface area contributed by atoms with Gasteiger partial charge in [0, 0.05) is 13.1 Å². The first-order valence-electron chi connectivity index (χ1n) is 7.28. The van der Waals surface area contributed by atoms with E-state index in [1.165, 1.54) is 16.7 Å². The van der Waals surface area contributed by atoms with E-state index in [4.69, 9.17) is 0 Å². The van der Waals surface area contributed by atoms with Gasteiger partial charge >= 0.3 is 0 Å². The van der Waals surface area contributed by atoms with E-state index in [1.54, 1.807) is 11.8 Å². The van der Waals surface area contributed by atoms with Crippen molar-refractivity contribution >= 4 is 6.41 Å². The average Bonchev–Trinajstić information content (AvgIpc) is 2.30. The van der Waals surface area contributed by atoms with Gasteiger partial charge in [0.2, 0.25) is 6.41 Å². The Bertz CT molecular complexity index is 473. The maximum atomic E-state index is 11.4. The van der Waals surface area contributed by atoms with Gasteiger partial charge in [-0.15, -0.1) is 0 Å². The lowest BCUT2D eigenvalue weighted by Gasteiger charge is -2.32. The standard InChI is InChI=1S/C17H28N2O2/c1-13-7-14(2)16(15(3)8-13)9-19(12-20)11-17(4,21)10-18(5)6/h7-8,12,21H,9-11H2,1-6H3. The quantitative estimate of drug-likeness (QED) is 0.780. The van der Waals surface area contributed by atoms with Crippen molar-refractivity contribution in [3.63, 3.8) is 0 Å². The summed E-state index contributed by atoms with van der Waals surface area (Å²) >= 11 is 0. The smallest absolute Gasteiger partial charge is 0.210 e. The molecule has 1 N–H and O–H groups in total. The lowest BCUT2D eigenvalue weighted by Crippen LogP contribution is -2.46. The normalized spacial score (nSPS) is 14.1. The van der Waals surface area contributed by atoms with E-state index in [0.717, 1.165) is 12.0 Å². The van der Waals surface area contributed by atoms with Gasteiger partial charge in [0.15, 0.2) is 0 Å². The van der Waals surface area contributed by atoms with E-state index < -0.39 is 5.60 Å². The summed E-state index contributed by atoms with van der Waals surface area (Å²) in [5, 5.41) is 10.4. The van der Waals surface area contributed by atoms with Gasteiger partial charge in [0.05, 0.1) is 12.1 Å². The van der Waals surface area contributed by atoms with Gasteiger partial charge in [-0.2, -0.15) is 0 Å². The molecule has 0 aromatic heterocycles. The van der Waals surface area contributed by atoms with Crippen LogP contribution in [0.25, 0.3) is 0 Å². The molecule has 0 aliphatic rings. The summed E-state index contributed by atoms with van der Waals surface area (Å²) in [6.45, 7) is 9.34. The molecule has 1 aromatic rings. The van der Waals surface area contributed by atoms with Crippen LogP contribution in [0.2, 0.25) is 0 Å². The van der Waals surface area contributed by atoms with Crippen LogP contribution in [0.1, 0.15) is 29.2 Å². The Labute approximate surface area is 128 Å². The molecule has 4 nitrogen and oxygen atoms in total. The van der Waals surface area contributed by atoms with Crippen molar-refractivity contribution in [3.8, 4) is 0 Å². The van der Waals surface area contributed by atoms with E-state index in [9.17, 15) is 9.90 Å². The van der Waals surface area contributed by atoms with Crippen molar-refractivity contribution < 1.29 is 9.90 Å². The van der Waals surface area contributed by atoms with E-state index in [2.05, 4.69) is 32.9 Å². The highest BCUT2D eigenvalue weighted by atomic mass is 16.3. The second-order valence-electron chi connectivity index (χ2n) is 6.62. The van der Waals surface area contributed by atoms with Gasteiger partial charge in [-0.1, -0.05) is 17.7 Å². The van der Waals surface area contributed by atoms with E-state index in [1.807, 2.05) is 19.0 Å². The van der Waals surface area contributed by atoms with E-state index in [0.29, 0.717) is 19.6 Å². The summed E-state index contributed by atoms with van der Waals surface area (Å²) in [5.41, 5.74) is 3.84. The van der Waals surface area contributed by atoms with Gasteiger partial charge in [-0.25, -0.2) is 0 Å². The second kappa shape index (κ2) is 7.05. The zero-order valence-electron chi connectivity index (χ0n) is 14.1. The molecular weight excluding hydrogens is 264 g/mol. The zero-order valence-corrected chi connectivity index (χ0v) is 14.1. The molecule has 0 spiro atoms. The molecule has 1 atom stereocenters. The minimum atomic E-state index is -0.920. The SMILES string of the molecule is Cc1cc(C)c(CN(C=O)CC(C)(O)CN(C)C)c(C)c1. The minimum absolute atomic E-state index is 0.321. The molecule has 1 rings (SSSR count). The largest absolute Gasteiger partial charge is 0.387 e. The first-order valence-corrected chi connectivity index (χ1v) is 7.28. The third-order valence-electron chi connectivity index (χ3n) is 3.55. The van der Waals surface area contributed by atoms with Crippen molar-refractivity contribution in [2.24, 2.45) is 0 Å². The van der Waals surface area contributed by atoms with Crippen LogP contribution in [0.15, 0.2) is 12.1 Å². The predicted molar refractivity (Wildman–Crippen MR) is 86.3 cm³/mol. The molecule has 0 saturated carbocycles. The molecule has 118 valence electrons. The summed E-state index contributed by atoms with van der Waals surface area (Å²) in [6.07, 6.45) is 0.822. The van der Waals surface area contributed by atoms with Crippen LogP contribution < -0.4 is 0 Å². The highest BCUT2D eigenvalue weighted by Gasteiger charge is 2.25. The number of carbonyl (C=O) groups excluding carboxylic acids is 1. The minimum Gasteiger partial charge on any atom is -0.387 e. The fourth-order valence-corrected chi connectivity index (χ4v) is 2.96. The first kappa shape index (κ1) is 17.7. The molecule has 1 amide bonds. The van der Waals surface area contributed by atoms with Crippen LogP contribution in [0.3, 0.4) is 0 Å². The highest BCUT2D eigenvalue weighted by molar-refractivity contribution is 5.49. The molecule has 4 heteroatoms. The molecule has 0 radical (unpaired) electrons. The van der Waals surface area contributed by atoms with Crippen molar-refractivity contribution in [3.05, 3.63) is 34.4 Å². The number of likely N-dealkylation sites (N-methyl/N-ethyl adjacent to an activating group) is 1. The Hall–Kier alpha value is -1.39. The highest BCUT2D eigenvalue weighted by Crippen LogP contribution is 2.19. The number of rotatable bonds is 7. The number of hydrogen-bond acceptors (Lipinski definition) is 3. The summed E-state index contributed by atoms with van der Waals surface area (Å²) in [4.78, 5) is 14.9. The summed E-state index contributed by atoms with van der Waals surface area (Å²) < 4.78 is 0. The molecule has 0 bridgehead atoms.